The summed E-state index contributed by atoms with van der Waals surface area (Å²) in [6.45, 7) is 4.67. The van der Waals surface area contributed by atoms with Crippen LogP contribution in [0.4, 0.5) is 5.69 Å². The average Bonchev–Trinajstić information content (AvgIpc) is 2.38. The Bertz CT molecular complexity index is 521. The second kappa shape index (κ2) is 4.36. The summed E-state index contributed by atoms with van der Waals surface area (Å²) in [5.74, 6) is 0.801. The van der Waals surface area contributed by atoms with Crippen LogP contribution in [0.15, 0.2) is 36.5 Å². The molecule has 88 valence electrons. The minimum atomic E-state index is 0.801. The Kier molecular flexibility index (Phi) is 2.71. The van der Waals surface area contributed by atoms with Crippen LogP contribution in [0.2, 0.25) is 0 Å². The first-order valence-corrected chi connectivity index (χ1v) is 6.43. The molecule has 0 N–H and O–H groups in total. The van der Waals surface area contributed by atoms with E-state index in [1.165, 1.54) is 37.0 Å². The molecule has 1 aromatic heterocycles. The van der Waals surface area contributed by atoms with Crippen LogP contribution in [0.1, 0.15) is 19.8 Å². The van der Waals surface area contributed by atoms with Gasteiger partial charge in [-0.2, -0.15) is 0 Å². The van der Waals surface area contributed by atoms with E-state index in [1.54, 1.807) is 0 Å². The third kappa shape index (κ3) is 2.12. The van der Waals surface area contributed by atoms with E-state index in [1.807, 2.05) is 12.3 Å². The van der Waals surface area contributed by atoms with E-state index >= 15 is 0 Å². The van der Waals surface area contributed by atoms with Gasteiger partial charge in [-0.15, -0.1) is 0 Å². The first-order chi connectivity index (χ1) is 8.33. The van der Waals surface area contributed by atoms with Crippen molar-refractivity contribution in [3.05, 3.63) is 36.5 Å². The molecule has 1 atom stereocenters. The lowest BCUT2D eigenvalue weighted by atomic mass is 10.00. The summed E-state index contributed by atoms with van der Waals surface area (Å²) >= 11 is 0. The molecule has 1 aromatic carbocycles. The second-order valence-corrected chi connectivity index (χ2v) is 5.08. The highest BCUT2D eigenvalue weighted by Gasteiger charge is 2.16. The van der Waals surface area contributed by atoms with Crippen molar-refractivity contribution in [2.24, 2.45) is 5.92 Å². The van der Waals surface area contributed by atoms with Crippen LogP contribution >= 0.6 is 0 Å². The number of rotatable bonds is 1. The zero-order valence-corrected chi connectivity index (χ0v) is 10.3. The predicted molar refractivity (Wildman–Crippen MR) is 72.4 cm³/mol. The standard InChI is InChI=1S/C15H18N2/c1-12-5-4-8-17(11-12)14-9-13-6-2-3-7-15(13)16-10-14/h2-3,6-7,9-10,12H,4-5,8,11H2,1H3. The maximum absolute atomic E-state index is 4.54. The van der Waals surface area contributed by atoms with Crippen molar-refractivity contribution in [1.82, 2.24) is 4.98 Å². The molecule has 0 spiro atoms. The molecule has 0 radical (unpaired) electrons. The van der Waals surface area contributed by atoms with E-state index in [0.717, 1.165) is 11.4 Å². The van der Waals surface area contributed by atoms with Gasteiger partial charge >= 0.3 is 0 Å². The molecule has 0 bridgehead atoms. The van der Waals surface area contributed by atoms with Crippen molar-refractivity contribution in [3.8, 4) is 0 Å². The van der Waals surface area contributed by atoms with Gasteiger partial charge in [0.15, 0.2) is 0 Å². The van der Waals surface area contributed by atoms with Crippen molar-refractivity contribution in [2.45, 2.75) is 19.8 Å². The quantitative estimate of drug-likeness (QED) is 0.740. The largest absolute Gasteiger partial charge is 0.370 e. The monoisotopic (exact) mass is 226 g/mol. The molecule has 1 aliphatic rings. The van der Waals surface area contributed by atoms with Crippen LogP contribution in [0.3, 0.4) is 0 Å². The third-order valence-electron chi connectivity index (χ3n) is 3.60. The van der Waals surface area contributed by atoms with E-state index < -0.39 is 0 Å². The predicted octanol–water partition coefficient (Wildman–Crippen LogP) is 3.47. The lowest BCUT2D eigenvalue weighted by molar-refractivity contribution is 0.446. The number of para-hydroxylation sites is 1. The van der Waals surface area contributed by atoms with Gasteiger partial charge in [-0.1, -0.05) is 25.1 Å². The number of hydrogen-bond acceptors (Lipinski definition) is 2. The number of anilines is 1. The smallest absolute Gasteiger partial charge is 0.0703 e. The summed E-state index contributed by atoms with van der Waals surface area (Å²) in [6.07, 6.45) is 4.67. The van der Waals surface area contributed by atoms with E-state index in [-0.39, 0.29) is 0 Å². The van der Waals surface area contributed by atoms with Crippen molar-refractivity contribution < 1.29 is 0 Å². The van der Waals surface area contributed by atoms with E-state index in [4.69, 9.17) is 0 Å². The molecule has 2 heteroatoms. The Morgan fingerprint density at radius 2 is 2.18 bits per heavy atom. The topological polar surface area (TPSA) is 16.1 Å². The number of aromatic nitrogens is 1. The molecule has 1 fully saturated rings. The van der Waals surface area contributed by atoms with Gasteiger partial charge in [-0.05, 0) is 30.9 Å². The number of fused-ring (bicyclic) bond motifs is 1. The molecule has 3 rings (SSSR count). The molecular weight excluding hydrogens is 208 g/mol. The van der Waals surface area contributed by atoms with Gasteiger partial charge in [0.2, 0.25) is 0 Å². The summed E-state index contributed by atoms with van der Waals surface area (Å²) in [7, 11) is 0. The Morgan fingerprint density at radius 1 is 1.29 bits per heavy atom. The molecule has 0 aliphatic carbocycles. The maximum atomic E-state index is 4.54. The highest BCUT2D eigenvalue weighted by Crippen LogP contribution is 2.24. The van der Waals surface area contributed by atoms with Gasteiger partial charge in [0, 0.05) is 18.5 Å². The third-order valence-corrected chi connectivity index (χ3v) is 3.60. The van der Waals surface area contributed by atoms with Gasteiger partial charge in [0.25, 0.3) is 0 Å². The summed E-state index contributed by atoms with van der Waals surface area (Å²) < 4.78 is 0. The summed E-state index contributed by atoms with van der Waals surface area (Å²) in [6, 6.07) is 10.6. The molecule has 1 aliphatic heterocycles. The maximum Gasteiger partial charge on any atom is 0.0703 e. The zero-order chi connectivity index (χ0) is 11.7. The zero-order valence-electron chi connectivity index (χ0n) is 10.3. The minimum Gasteiger partial charge on any atom is -0.370 e. The van der Waals surface area contributed by atoms with Gasteiger partial charge in [0.1, 0.15) is 0 Å². The molecule has 0 saturated carbocycles. The van der Waals surface area contributed by atoms with Gasteiger partial charge in [-0.25, -0.2) is 0 Å². The van der Waals surface area contributed by atoms with Crippen LogP contribution < -0.4 is 4.90 Å². The fourth-order valence-corrected chi connectivity index (χ4v) is 2.66. The normalized spacial score (nSPS) is 20.8. The summed E-state index contributed by atoms with van der Waals surface area (Å²) in [4.78, 5) is 7.01. The Balaban J connectivity index is 1.94. The highest BCUT2D eigenvalue weighted by molar-refractivity contribution is 5.81. The SMILES string of the molecule is CC1CCCN(c2cnc3ccccc3c2)C1. The number of nitrogens with zero attached hydrogens (tertiary/aromatic N) is 2. The Hall–Kier alpha value is -1.57. The van der Waals surface area contributed by atoms with Crippen molar-refractivity contribution in [3.63, 3.8) is 0 Å². The van der Waals surface area contributed by atoms with Crippen molar-refractivity contribution >= 4 is 16.6 Å². The van der Waals surface area contributed by atoms with Gasteiger partial charge in [0.05, 0.1) is 17.4 Å². The summed E-state index contributed by atoms with van der Waals surface area (Å²) in [5.41, 5.74) is 2.36. The first-order valence-electron chi connectivity index (χ1n) is 6.43. The molecule has 2 heterocycles. The van der Waals surface area contributed by atoms with E-state index in [0.29, 0.717) is 0 Å². The number of piperidine rings is 1. The number of pyridine rings is 1. The van der Waals surface area contributed by atoms with Crippen LogP contribution in [0, 0.1) is 5.92 Å². The first kappa shape index (κ1) is 10.6. The van der Waals surface area contributed by atoms with Crippen LogP contribution in [0.25, 0.3) is 10.9 Å². The van der Waals surface area contributed by atoms with E-state index in [2.05, 4.69) is 41.1 Å². The molecule has 1 unspecified atom stereocenters. The Labute approximate surface area is 102 Å². The molecule has 2 aromatic rings. The minimum absolute atomic E-state index is 0.801. The fourth-order valence-electron chi connectivity index (χ4n) is 2.66. The second-order valence-electron chi connectivity index (χ2n) is 5.08. The number of hydrogen-bond donors (Lipinski definition) is 0. The Morgan fingerprint density at radius 3 is 3.06 bits per heavy atom. The van der Waals surface area contributed by atoms with Crippen LogP contribution in [0.5, 0.6) is 0 Å². The molecule has 2 nitrogen and oxygen atoms in total. The molecular formula is C15H18N2. The van der Waals surface area contributed by atoms with Crippen molar-refractivity contribution in [1.29, 1.82) is 0 Å². The van der Waals surface area contributed by atoms with Gasteiger partial charge < -0.3 is 4.90 Å². The van der Waals surface area contributed by atoms with Crippen LogP contribution in [-0.2, 0) is 0 Å². The lowest BCUT2D eigenvalue weighted by Gasteiger charge is -2.32. The fraction of sp³-hybridized carbons (Fsp3) is 0.400. The average molecular weight is 226 g/mol. The molecule has 17 heavy (non-hydrogen) atoms. The number of benzene rings is 1. The molecule has 1 saturated heterocycles. The summed E-state index contributed by atoms with van der Waals surface area (Å²) in [5, 5.41) is 1.24. The van der Waals surface area contributed by atoms with E-state index in [9.17, 15) is 0 Å². The van der Waals surface area contributed by atoms with Gasteiger partial charge in [-0.3, -0.25) is 4.98 Å². The highest BCUT2D eigenvalue weighted by atomic mass is 15.1. The van der Waals surface area contributed by atoms with Crippen LogP contribution in [-0.4, -0.2) is 18.1 Å². The molecule has 0 amide bonds. The lowest BCUT2D eigenvalue weighted by Crippen LogP contribution is -2.34. The van der Waals surface area contributed by atoms with Crippen molar-refractivity contribution in [2.75, 3.05) is 18.0 Å².